The summed E-state index contributed by atoms with van der Waals surface area (Å²) in [6.45, 7) is 2.38. The third-order valence-electron chi connectivity index (χ3n) is 6.18. The molecule has 29 heavy (non-hydrogen) atoms. The number of amides is 4. The van der Waals surface area contributed by atoms with E-state index in [4.69, 9.17) is 0 Å². The number of carbonyl (C=O) groups is 3. The number of nitrogens with zero attached hydrogens (tertiary/aromatic N) is 2. The Bertz CT molecular complexity index is 916. The zero-order valence-electron chi connectivity index (χ0n) is 16.8. The van der Waals surface area contributed by atoms with Crippen molar-refractivity contribution < 1.29 is 14.4 Å². The first kappa shape index (κ1) is 19.5. The molecule has 2 fully saturated rings. The summed E-state index contributed by atoms with van der Waals surface area (Å²) in [6.07, 6.45) is 7.75. The predicted molar refractivity (Wildman–Crippen MR) is 110 cm³/mol. The number of nitrogens with one attached hydrogen (secondary N) is 2. The number of carbonyl (C=O) groups excluding carboxylic acids is 3. The number of hydrogen-bond donors (Lipinski definition) is 2. The number of urea groups is 1. The van der Waals surface area contributed by atoms with E-state index in [-0.39, 0.29) is 24.4 Å². The number of likely N-dealkylation sites (N-methyl/N-ethyl adjacent to an activating group) is 1. The van der Waals surface area contributed by atoms with Crippen LogP contribution in [0.2, 0.25) is 0 Å². The van der Waals surface area contributed by atoms with Gasteiger partial charge in [-0.05, 0) is 31.4 Å². The molecule has 7 nitrogen and oxygen atoms in total. The summed E-state index contributed by atoms with van der Waals surface area (Å²) in [7, 11) is 0. The third-order valence-corrected chi connectivity index (χ3v) is 6.18. The summed E-state index contributed by atoms with van der Waals surface area (Å²) in [4.78, 5) is 44.3. The molecule has 1 saturated heterocycles. The van der Waals surface area contributed by atoms with Gasteiger partial charge in [-0.3, -0.25) is 14.5 Å². The molecule has 1 aromatic carbocycles. The van der Waals surface area contributed by atoms with Gasteiger partial charge >= 0.3 is 6.03 Å². The Morgan fingerprint density at radius 2 is 1.93 bits per heavy atom. The maximum atomic E-state index is 12.9. The Labute approximate surface area is 170 Å². The SMILES string of the molecule is CCN(C(=O)CN1C(=O)NC(Cc2c[nH]c3ccccc23)C1=O)C1CCCCC1. The van der Waals surface area contributed by atoms with Crippen LogP contribution in [0.15, 0.2) is 30.5 Å². The van der Waals surface area contributed by atoms with E-state index in [1.165, 1.54) is 6.42 Å². The minimum atomic E-state index is -0.640. The van der Waals surface area contributed by atoms with Crippen LogP contribution in [0.5, 0.6) is 0 Å². The fourth-order valence-corrected chi connectivity index (χ4v) is 4.64. The lowest BCUT2D eigenvalue weighted by Crippen LogP contribution is -2.47. The average Bonchev–Trinajstić information content (AvgIpc) is 3.26. The van der Waals surface area contributed by atoms with Crippen molar-refractivity contribution >= 4 is 28.7 Å². The second kappa shape index (κ2) is 8.27. The summed E-state index contributed by atoms with van der Waals surface area (Å²) in [5.74, 6) is -0.469. The van der Waals surface area contributed by atoms with Gasteiger partial charge in [0.1, 0.15) is 12.6 Å². The van der Waals surface area contributed by atoms with Gasteiger partial charge in [0.05, 0.1) is 0 Å². The monoisotopic (exact) mass is 396 g/mol. The van der Waals surface area contributed by atoms with Gasteiger partial charge in [0.2, 0.25) is 5.91 Å². The van der Waals surface area contributed by atoms with Crippen LogP contribution < -0.4 is 5.32 Å². The molecule has 4 rings (SSSR count). The molecule has 154 valence electrons. The first-order valence-corrected chi connectivity index (χ1v) is 10.5. The van der Waals surface area contributed by atoms with Gasteiger partial charge < -0.3 is 15.2 Å². The van der Waals surface area contributed by atoms with E-state index in [2.05, 4.69) is 10.3 Å². The molecule has 2 N–H and O–H groups in total. The zero-order valence-corrected chi connectivity index (χ0v) is 16.8. The second-order valence-electron chi connectivity index (χ2n) is 7.96. The van der Waals surface area contributed by atoms with Crippen LogP contribution >= 0.6 is 0 Å². The highest BCUT2D eigenvalue weighted by Crippen LogP contribution is 2.24. The normalized spacial score (nSPS) is 20.3. The lowest BCUT2D eigenvalue weighted by atomic mass is 9.94. The molecule has 2 heterocycles. The van der Waals surface area contributed by atoms with Crippen LogP contribution in [0.3, 0.4) is 0 Å². The zero-order chi connectivity index (χ0) is 20.4. The standard InChI is InChI=1S/C22H28N4O3/c1-2-25(16-8-4-3-5-9-16)20(27)14-26-21(28)19(24-22(26)29)12-15-13-23-18-11-7-6-10-17(15)18/h6-7,10-11,13,16,19,23H,2-5,8-9,12,14H2,1H3,(H,24,29). The molecule has 1 unspecified atom stereocenters. The maximum Gasteiger partial charge on any atom is 0.325 e. The summed E-state index contributed by atoms with van der Waals surface area (Å²) in [5.41, 5.74) is 1.97. The van der Waals surface area contributed by atoms with E-state index < -0.39 is 12.1 Å². The topological polar surface area (TPSA) is 85.5 Å². The van der Waals surface area contributed by atoms with Crippen molar-refractivity contribution in [3.05, 3.63) is 36.0 Å². The van der Waals surface area contributed by atoms with E-state index in [0.717, 1.165) is 47.0 Å². The Morgan fingerprint density at radius 1 is 1.17 bits per heavy atom. The quantitative estimate of drug-likeness (QED) is 0.737. The first-order valence-electron chi connectivity index (χ1n) is 10.5. The summed E-state index contributed by atoms with van der Waals surface area (Å²) in [5, 5.41) is 3.79. The van der Waals surface area contributed by atoms with E-state index in [9.17, 15) is 14.4 Å². The van der Waals surface area contributed by atoms with Crippen molar-refractivity contribution in [3.8, 4) is 0 Å². The molecule has 7 heteroatoms. The lowest BCUT2D eigenvalue weighted by Gasteiger charge is -2.34. The van der Waals surface area contributed by atoms with Crippen LogP contribution in [0.4, 0.5) is 4.79 Å². The number of H-pyrrole nitrogens is 1. The molecule has 4 amide bonds. The summed E-state index contributed by atoms with van der Waals surface area (Å²) < 4.78 is 0. The Balaban J connectivity index is 1.43. The predicted octanol–water partition coefficient (Wildman–Crippen LogP) is 2.81. The van der Waals surface area contributed by atoms with Gasteiger partial charge in [-0.2, -0.15) is 0 Å². The number of imide groups is 1. The fourth-order valence-electron chi connectivity index (χ4n) is 4.64. The minimum Gasteiger partial charge on any atom is -0.361 e. The Kier molecular flexibility index (Phi) is 5.56. The molecule has 1 atom stereocenters. The van der Waals surface area contributed by atoms with Crippen molar-refractivity contribution in [2.75, 3.05) is 13.1 Å². The minimum absolute atomic E-state index is 0.143. The van der Waals surface area contributed by atoms with Crippen LogP contribution in [-0.4, -0.2) is 57.8 Å². The Morgan fingerprint density at radius 3 is 2.69 bits per heavy atom. The Hall–Kier alpha value is -2.83. The maximum absolute atomic E-state index is 12.9. The van der Waals surface area contributed by atoms with Crippen molar-refractivity contribution in [3.63, 3.8) is 0 Å². The van der Waals surface area contributed by atoms with Gasteiger partial charge in [-0.15, -0.1) is 0 Å². The van der Waals surface area contributed by atoms with Crippen LogP contribution in [-0.2, 0) is 16.0 Å². The van der Waals surface area contributed by atoms with Gasteiger partial charge in [-0.1, -0.05) is 37.5 Å². The number of aromatic nitrogens is 1. The van der Waals surface area contributed by atoms with E-state index in [1.54, 1.807) is 0 Å². The number of hydrogen-bond acceptors (Lipinski definition) is 3. The number of aromatic amines is 1. The fraction of sp³-hybridized carbons (Fsp3) is 0.500. The first-order chi connectivity index (χ1) is 14.1. The smallest absolute Gasteiger partial charge is 0.325 e. The average molecular weight is 396 g/mol. The lowest BCUT2D eigenvalue weighted by molar-refractivity contribution is -0.139. The molecule has 1 saturated carbocycles. The van der Waals surface area contributed by atoms with Gasteiger partial charge in [0.15, 0.2) is 0 Å². The van der Waals surface area contributed by atoms with E-state index >= 15 is 0 Å². The summed E-state index contributed by atoms with van der Waals surface area (Å²) >= 11 is 0. The van der Waals surface area contributed by atoms with Gasteiger partial charge in [0, 0.05) is 36.1 Å². The highest BCUT2D eigenvalue weighted by atomic mass is 16.2. The molecule has 2 aliphatic rings. The van der Waals surface area contributed by atoms with Crippen LogP contribution in [0.1, 0.15) is 44.6 Å². The molecule has 1 aromatic heterocycles. The van der Waals surface area contributed by atoms with Crippen molar-refractivity contribution in [1.29, 1.82) is 0 Å². The van der Waals surface area contributed by atoms with Crippen molar-refractivity contribution in [2.24, 2.45) is 0 Å². The largest absolute Gasteiger partial charge is 0.361 e. The van der Waals surface area contributed by atoms with E-state index in [0.29, 0.717) is 13.0 Å². The molecular formula is C22H28N4O3. The molecule has 1 aliphatic heterocycles. The van der Waals surface area contributed by atoms with Gasteiger partial charge in [0.25, 0.3) is 5.91 Å². The van der Waals surface area contributed by atoms with Gasteiger partial charge in [-0.25, -0.2) is 4.79 Å². The molecule has 0 spiro atoms. The van der Waals surface area contributed by atoms with E-state index in [1.807, 2.05) is 42.3 Å². The number of rotatable bonds is 6. The number of benzene rings is 1. The molecule has 1 aliphatic carbocycles. The molecular weight excluding hydrogens is 368 g/mol. The second-order valence-corrected chi connectivity index (χ2v) is 7.96. The summed E-state index contributed by atoms with van der Waals surface area (Å²) in [6, 6.07) is 6.97. The van der Waals surface area contributed by atoms with Crippen molar-refractivity contribution in [2.45, 2.75) is 57.5 Å². The highest BCUT2D eigenvalue weighted by Gasteiger charge is 2.40. The molecule has 0 bridgehead atoms. The van der Waals surface area contributed by atoms with Crippen LogP contribution in [0.25, 0.3) is 10.9 Å². The molecule has 2 aromatic rings. The van der Waals surface area contributed by atoms with Crippen molar-refractivity contribution in [1.82, 2.24) is 20.1 Å². The third kappa shape index (κ3) is 3.86. The molecule has 0 radical (unpaired) electrons. The highest BCUT2D eigenvalue weighted by molar-refractivity contribution is 6.06. The number of fused-ring (bicyclic) bond motifs is 1. The number of para-hydroxylation sites is 1. The van der Waals surface area contributed by atoms with Crippen LogP contribution in [0, 0.1) is 0 Å².